The number of hydrogen-bond acceptors (Lipinski definition) is 6. The van der Waals surface area contributed by atoms with E-state index in [2.05, 4.69) is 15.3 Å². The van der Waals surface area contributed by atoms with Crippen molar-refractivity contribution in [2.75, 3.05) is 46.7 Å². The second kappa shape index (κ2) is 13.1. The summed E-state index contributed by atoms with van der Waals surface area (Å²) in [5, 5.41) is 6.04. The Morgan fingerprint density at radius 3 is 2.46 bits per heavy atom. The quantitative estimate of drug-likeness (QED) is 0.272. The van der Waals surface area contributed by atoms with E-state index in [-0.39, 0.29) is 6.61 Å². The predicted octanol–water partition coefficient (Wildman–Crippen LogP) is 2.53. The van der Waals surface area contributed by atoms with Crippen LogP contribution in [0.2, 0.25) is 0 Å². The molecule has 0 radical (unpaired) electrons. The maximum absolute atomic E-state index is 11.5. The summed E-state index contributed by atoms with van der Waals surface area (Å²) in [7, 11) is 1.61. The molecule has 1 amide bonds. The molecule has 0 bridgehead atoms. The summed E-state index contributed by atoms with van der Waals surface area (Å²) < 4.78 is 20.4. The highest BCUT2D eigenvalue weighted by molar-refractivity contribution is 5.67. The third-order valence-electron chi connectivity index (χ3n) is 2.79. The minimum absolute atomic E-state index is 0.135. The zero-order valence-electron chi connectivity index (χ0n) is 13.6. The Kier molecular flexibility index (Phi) is 10.8. The van der Waals surface area contributed by atoms with E-state index >= 15 is 0 Å². The highest BCUT2D eigenvalue weighted by Gasteiger charge is 2.02. The second-order valence-electron chi connectivity index (χ2n) is 4.58. The number of alkyl carbamates (subject to hydrolysis) is 1. The van der Waals surface area contributed by atoms with Crippen molar-refractivity contribution in [2.24, 2.45) is 5.11 Å². The lowest BCUT2D eigenvalue weighted by Crippen LogP contribution is -2.28. The molecule has 1 rings (SSSR count). The Morgan fingerprint density at radius 2 is 1.79 bits per heavy atom. The highest BCUT2D eigenvalue weighted by atomic mass is 16.6. The van der Waals surface area contributed by atoms with Crippen molar-refractivity contribution < 1.29 is 23.7 Å². The van der Waals surface area contributed by atoms with Gasteiger partial charge in [-0.05, 0) is 11.1 Å². The molecule has 1 N–H and O–H groups in total. The summed E-state index contributed by atoms with van der Waals surface area (Å²) in [4.78, 5) is 14.2. The Bertz CT molecular complexity index is 517. The molecular formula is C15H22N4O5. The molecule has 0 aliphatic heterocycles. The van der Waals surface area contributed by atoms with E-state index in [9.17, 15) is 4.79 Å². The van der Waals surface area contributed by atoms with Crippen molar-refractivity contribution in [2.45, 2.75) is 6.61 Å². The van der Waals surface area contributed by atoms with Gasteiger partial charge >= 0.3 is 6.09 Å². The molecule has 0 aliphatic carbocycles. The molecule has 0 spiro atoms. The van der Waals surface area contributed by atoms with Crippen LogP contribution in [0.1, 0.15) is 5.56 Å². The number of nitrogens with one attached hydrogen (secondary N) is 1. The number of rotatable bonds is 12. The van der Waals surface area contributed by atoms with Gasteiger partial charge in [-0.1, -0.05) is 29.4 Å². The van der Waals surface area contributed by atoms with Crippen LogP contribution >= 0.6 is 0 Å². The van der Waals surface area contributed by atoms with Gasteiger partial charge in [0.05, 0.1) is 33.0 Å². The van der Waals surface area contributed by atoms with Crippen LogP contribution in [-0.4, -0.2) is 52.8 Å². The first-order valence-electron chi connectivity index (χ1n) is 7.45. The van der Waals surface area contributed by atoms with Gasteiger partial charge < -0.3 is 24.3 Å². The minimum Gasteiger partial charge on any atom is -0.445 e. The summed E-state index contributed by atoms with van der Waals surface area (Å²) in [6.07, 6.45) is -0.519. The molecule has 0 saturated carbocycles. The van der Waals surface area contributed by atoms with Gasteiger partial charge in [0.25, 0.3) is 0 Å². The van der Waals surface area contributed by atoms with Crippen LogP contribution in [0.3, 0.4) is 0 Å². The van der Waals surface area contributed by atoms with Crippen LogP contribution < -0.4 is 5.32 Å². The molecular weight excluding hydrogens is 316 g/mol. The second-order valence-corrected chi connectivity index (χ2v) is 4.58. The molecule has 1 aromatic carbocycles. The van der Waals surface area contributed by atoms with Gasteiger partial charge in [-0.3, -0.25) is 0 Å². The predicted molar refractivity (Wildman–Crippen MR) is 86.9 cm³/mol. The molecule has 0 aromatic heterocycles. The van der Waals surface area contributed by atoms with Gasteiger partial charge in [0.15, 0.2) is 0 Å². The number of nitrogens with zero attached hydrogens (tertiary/aromatic N) is 3. The Morgan fingerprint density at radius 1 is 1.12 bits per heavy atom. The van der Waals surface area contributed by atoms with Crippen LogP contribution in [-0.2, 0) is 25.6 Å². The fourth-order valence-corrected chi connectivity index (χ4v) is 1.60. The number of carbonyl (C=O) groups is 1. The van der Waals surface area contributed by atoms with Gasteiger partial charge in [0.2, 0.25) is 0 Å². The van der Waals surface area contributed by atoms with Crippen LogP contribution in [0, 0.1) is 0 Å². The maximum Gasteiger partial charge on any atom is 0.407 e. The number of azide groups is 1. The van der Waals surface area contributed by atoms with Crippen molar-refractivity contribution in [1.82, 2.24) is 5.32 Å². The molecule has 24 heavy (non-hydrogen) atoms. The first-order chi connectivity index (χ1) is 11.8. The summed E-state index contributed by atoms with van der Waals surface area (Å²) in [5.74, 6) is 0. The van der Waals surface area contributed by atoms with Crippen molar-refractivity contribution in [1.29, 1.82) is 0 Å². The lowest BCUT2D eigenvalue weighted by molar-refractivity contribution is 0.0254. The first-order valence-corrected chi connectivity index (χ1v) is 7.45. The van der Waals surface area contributed by atoms with E-state index < -0.39 is 6.09 Å². The molecule has 0 fully saturated rings. The highest BCUT2D eigenvalue weighted by Crippen LogP contribution is 2.13. The summed E-state index contributed by atoms with van der Waals surface area (Å²) in [6.45, 7) is 2.90. The number of benzene rings is 1. The van der Waals surface area contributed by atoms with Gasteiger partial charge in [-0.2, -0.15) is 0 Å². The average Bonchev–Trinajstić information content (AvgIpc) is 2.60. The Hall–Kier alpha value is -2.32. The lowest BCUT2D eigenvalue weighted by Gasteiger charge is -2.08. The number of ether oxygens (including phenoxy) is 4. The summed E-state index contributed by atoms with van der Waals surface area (Å²) >= 11 is 0. The standard InChI is InChI=1S/C15H22N4O5/c1-21-8-9-23-11-10-22-7-6-17-15(20)24-12-13-2-4-14(5-3-13)18-19-16/h2-5H,6-12H2,1H3,(H,17,20). The summed E-state index contributed by atoms with van der Waals surface area (Å²) in [5.41, 5.74) is 9.61. The fraction of sp³-hybridized carbons (Fsp3) is 0.533. The van der Waals surface area contributed by atoms with Gasteiger partial charge in [-0.25, -0.2) is 4.79 Å². The normalized spacial score (nSPS) is 10.0. The molecule has 9 heteroatoms. The fourth-order valence-electron chi connectivity index (χ4n) is 1.60. The van der Waals surface area contributed by atoms with Crippen LogP contribution in [0.4, 0.5) is 10.5 Å². The van der Waals surface area contributed by atoms with Crippen molar-refractivity contribution in [3.63, 3.8) is 0 Å². The number of carbonyl (C=O) groups excluding carboxylic acids is 1. The molecule has 132 valence electrons. The van der Waals surface area contributed by atoms with Crippen LogP contribution in [0.5, 0.6) is 0 Å². The SMILES string of the molecule is COCCOCCOCCNC(=O)OCc1ccc(N=[N+]=[N-])cc1. The van der Waals surface area contributed by atoms with Gasteiger partial charge in [-0.15, -0.1) is 0 Å². The molecule has 0 saturated heterocycles. The smallest absolute Gasteiger partial charge is 0.407 e. The van der Waals surface area contributed by atoms with E-state index in [0.29, 0.717) is 45.3 Å². The minimum atomic E-state index is -0.519. The number of amides is 1. The topological polar surface area (TPSA) is 115 Å². The van der Waals surface area contributed by atoms with E-state index in [1.54, 1.807) is 31.4 Å². The Balaban J connectivity index is 2.02. The van der Waals surface area contributed by atoms with Crippen molar-refractivity contribution in [3.8, 4) is 0 Å². The third-order valence-corrected chi connectivity index (χ3v) is 2.79. The molecule has 0 atom stereocenters. The van der Waals surface area contributed by atoms with E-state index in [1.807, 2.05) is 0 Å². The largest absolute Gasteiger partial charge is 0.445 e. The maximum atomic E-state index is 11.5. The van der Waals surface area contributed by atoms with Gasteiger partial charge in [0.1, 0.15) is 6.61 Å². The Labute approximate surface area is 140 Å². The zero-order chi connectivity index (χ0) is 17.5. The summed E-state index contributed by atoms with van der Waals surface area (Å²) in [6, 6.07) is 6.76. The van der Waals surface area contributed by atoms with E-state index in [1.165, 1.54) is 0 Å². The monoisotopic (exact) mass is 338 g/mol. The third kappa shape index (κ3) is 9.65. The van der Waals surface area contributed by atoms with Gasteiger partial charge in [0, 0.05) is 24.3 Å². The molecule has 1 aromatic rings. The molecule has 0 heterocycles. The molecule has 9 nitrogen and oxygen atoms in total. The number of hydrogen-bond donors (Lipinski definition) is 1. The van der Waals surface area contributed by atoms with Crippen LogP contribution in [0.15, 0.2) is 29.4 Å². The lowest BCUT2D eigenvalue weighted by atomic mass is 10.2. The number of methoxy groups -OCH3 is 1. The zero-order valence-corrected chi connectivity index (χ0v) is 13.6. The van der Waals surface area contributed by atoms with E-state index in [4.69, 9.17) is 24.5 Å². The van der Waals surface area contributed by atoms with Crippen molar-refractivity contribution in [3.05, 3.63) is 40.3 Å². The molecule has 0 unspecified atom stereocenters. The van der Waals surface area contributed by atoms with E-state index in [0.717, 1.165) is 5.56 Å². The first kappa shape index (κ1) is 19.7. The molecule has 0 aliphatic rings. The van der Waals surface area contributed by atoms with Crippen LogP contribution in [0.25, 0.3) is 10.4 Å². The average molecular weight is 338 g/mol. The van der Waals surface area contributed by atoms with Crippen molar-refractivity contribution >= 4 is 11.8 Å².